The van der Waals surface area contributed by atoms with Crippen LogP contribution in [0, 0.1) is 12.7 Å². The number of benzene rings is 2. The lowest BCUT2D eigenvalue weighted by Crippen LogP contribution is -2.42. The van der Waals surface area contributed by atoms with Crippen LogP contribution in [0.25, 0.3) is 0 Å². The molecule has 2 aromatic carbocycles. The Hall–Kier alpha value is -2.69. The maximum Gasteiger partial charge on any atom is 0.246 e. The molecular weight excluding hydrogens is 319 g/mol. The van der Waals surface area contributed by atoms with Crippen LogP contribution in [0.5, 0.6) is 0 Å². The first-order valence-electron chi connectivity index (χ1n) is 8.27. The average Bonchev–Trinajstić information content (AvgIpc) is 2.57. The molecule has 0 atom stereocenters. The Kier molecular flexibility index (Phi) is 6.28. The van der Waals surface area contributed by atoms with Gasteiger partial charge in [0.25, 0.3) is 0 Å². The van der Waals surface area contributed by atoms with E-state index in [-0.39, 0.29) is 30.7 Å². The van der Waals surface area contributed by atoms with Gasteiger partial charge in [-0.3, -0.25) is 9.59 Å². The van der Waals surface area contributed by atoms with Gasteiger partial charge >= 0.3 is 0 Å². The molecule has 0 N–H and O–H groups in total. The molecule has 2 aromatic rings. The van der Waals surface area contributed by atoms with Crippen LogP contribution in [0.4, 0.5) is 10.1 Å². The maximum atomic E-state index is 13.0. The van der Waals surface area contributed by atoms with Gasteiger partial charge in [0.05, 0.1) is 0 Å². The molecule has 25 heavy (non-hydrogen) atoms. The smallest absolute Gasteiger partial charge is 0.246 e. The summed E-state index contributed by atoms with van der Waals surface area (Å²) in [5.41, 5.74) is 2.67. The molecule has 0 spiro atoms. The number of likely N-dealkylation sites (N-methyl/N-ethyl adjacent to an activating group) is 1. The van der Waals surface area contributed by atoms with Crippen LogP contribution in [0.15, 0.2) is 48.5 Å². The van der Waals surface area contributed by atoms with E-state index in [0.29, 0.717) is 6.54 Å². The van der Waals surface area contributed by atoms with E-state index in [1.165, 1.54) is 24.0 Å². The lowest BCUT2D eigenvalue weighted by molar-refractivity contribution is -0.134. The number of rotatable bonds is 6. The van der Waals surface area contributed by atoms with Gasteiger partial charge in [-0.25, -0.2) is 4.39 Å². The van der Waals surface area contributed by atoms with Gasteiger partial charge in [0.1, 0.15) is 12.4 Å². The normalized spacial score (nSPS) is 10.4. The summed E-state index contributed by atoms with van der Waals surface area (Å²) in [6, 6.07) is 13.6. The van der Waals surface area contributed by atoms with Gasteiger partial charge in [0.2, 0.25) is 11.8 Å². The summed E-state index contributed by atoms with van der Waals surface area (Å²) < 4.78 is 13.0. The lowest BCUT2D eigenvalue weighted by atomic mass is 10.2. The van der Waals surface area contributed by atoms with Crippen molar-refractivity contribution in [3.05, 3.63) is 65.5 Å². The Labute approximate surface area is 147 Å². The minimum absolute atomic E-state index is 0.0194. The van der Waals surface area contributed by atoms with Crippen molar-refractivity contribution in [1.82, 2.24) is 4.90 Å². The third-order valence-corrected chi connectivity index (χ3v) is 3.99. The summed E-state index contributed by atoms with van der Waals surface area (Å²) in [7, 11) is 0. The number of hydrogen-bond donors (Lipinski definition) is 0. The van der Waals surface area contributed by atoms with Gasteiger partial charge in [-0.15, -0.1) is 0 Å². The molecule has 2 rings (SSSR count). The van der Waals surface area contributed by atoms with Gasteiger partial charge in [0, 0.05) is 25.7 Å². The van der Waals surface area contributed by atoms with Crippen molar-refractivity contribution >= 4 is 17.5 Å². The van der Waals surface area contributed by atoms with Gasteiger partial charge in [-0.1, -0.05) is 24.3 Å². The molecule has 0 radical (unpaired) electrons. The highest BCUT2D eigenvalue weighted by molar-refractivity contribution is 5.96. The zero-order chi connectivity index (χ0) is 18.4. The summed E-state index contributed by atoms with van der Waals surface area (Å²) >= 11 is 0. The van der Waals surface area contributed by atoms with Crippen LogP contribution in [0.1, 0.15) is 25.0 Å². The number of halogens is 1. The monoisotopic (exact) mass is 342 g/mol. The predicted octanol–water partition coefficient (Wildman–Crippen LogP) is 3.54. The molecule has 0 aliphatic heterocycles. The van der Waals surface area contributed by atoms with Crippen molar-refractivity contribution in [3.63, 3.8) is 0 Å². The van der Waals surface area contributed by atoms with Crippen LogP contribution in [0.3, 0.4) is 0 Å². The van der Waals surface area contributed by atoms with E-state index in [0.717, 1.165) is 16.8 Å². The first-order chi connectivity index (χ1) is 11.9. The standard InChI is InChI=1S/C20H23FN2O2/c1-4-23(19-7-5-6-15(2)12-19)20(25)14-22(16(3)24)13-17-8-10-18(21)11-9-17/h5-12H,4,13-14H2,1-3H3. The molecular formula is C20H23FN2O2. The van der Waals surface area contributed by atoms with Gasteiger partial charge in [-0.05, 0) is 49.2 Å². The maximum absolute atomic E-state index is 13.0. The third-order valence-electron chi connectivity index (χ3n) is 3.99. The molecule has 0 saturated carbocycles. The third kappa shape index (κ3) is 5.14. The molecule has 132 valence electrons. The molecule has 4 nitrogen and oxygen atoms in total. The molecule has 0 saturated heterocycles. The molecule has 0 unspecified atom stereocenters. The van der Waals surface area contributed by atoms with Gasteiger partial charge in [0.15, 0.2) is 0 Å². The largest absolute Gasteiger partial charge is 0.329 e. The second kappa shape index (κ2) is 8.42. The van der Waals surface area contributed by atoms with E-state index in [1.54, 1.807) is 17.0 Å². The lowest BCUT2D eigenvalue weighted by Gasteiger charge is -2.26. The summed E-state index contributed by atoms with van der Waals surface area (Å²) in [6.07, 6.45) is 0. The van der Waals surface area contributed by atoms with E-state index in [4.69, 9.17) is 0 Å². The zero-order valence-electron chi connectivity index (χ0n) is 14.8. The molecule has 0 aliphatic carbocycles. The molecule has 0 aromatic heterocycles. The minimum Gasteiger partial charge on any atom is -0.329 e. The Bertz CT molecular complexity index is 744. The van der Waals surface area contributed by atoms with Crippen molar-refractivity contribution < 1.29 is 14.0 Å². The van der Waals surface area contributed by atoms with E-state index in [1.807, 2.05) is 38.1 Å². The number of anilines is 1. The van der Waals surface area contributed by atoms with Crippen LogP contribution in [-0.4, -0.2) is 29.8 Å². The van der Waals surface area contributed by atoms with E-state index in [2.05, 4.69) is 0 Å². The summed E-state index contributed by atoms with van der Waals surface area (Å²) in [6.45, 7) is 6.07. The fraction of sp³-hybridized carbons (Fsp3) is 0.300. The first kappa shape index (κ1) is 18.6. The van der Waals surface area contributed by atoms with Crippen LogP contribution < -0.4 is 4.90 Å². The number of nitrogens with zero attached hydrogens (tertiary/aromatic N) is 2. The van der Waals surface area contributed by atoms with Crippen LogP contribution in [-0.2, 0) is 16.1 Å². The summed E-state index contributed by atoms with van der Waals surface area (Å²) in [4.78, 5) is 27.8. The quantitative estimate of drug-likeness (QED) is 0.806. The van der Waals surface area contributed by atoms with Gasteiger partial charge in [-0.2, -0.15) is 0 Å². The fourth-order valence-electron chi connectivity index (χ4n) is 2.64. The number of carbonyl (C=O) groups is 2. The highest BCUT2D eigenvalue weighted by atomic mass is 19.1. The van der Waals surface area contributed by atoms with E-state index in [9.17, 15) is 14.0 Å². The number of hydrogen-bond acceptors (Lipinski definition) is 2. The molecule has 0 aliphatic rings. The molecule has 2 amide bonds. The van der Waals surface area contributed by atoms with Crippen molar-refractivity contribution in [2.24, 2.45) is 0 Å². The summed E-state index contributed by atoms with van der Waals surface area (Å²) in [5, 5.41) is 0. The fourth-order valence-corrected chi connectivity index (χ4v) is 2.64. The van der Waals surface area contributed by atoms with Gasteiger partial charge < -0.3 is 9.80 Å². The Morgan fingerprint density at radius 3 is 2.32 bits per heavy atom. The second-order valence-electron chi connectivity index (χ2n) is 5.98. The average molecular weight is 342 g/mol. The van der Waals surface area contributed by atoms with Crippen molar-refractivity contribution in [3.8, 4) is 0 Å². The van der Waals surface area contributed by atoms with Crippen molar-refractivity contribution in [2.45, 2.75) is 27.3 Å². The van der Waals surface area contributed by atoms with Crippen LogP contribution >= 0.6 is 0 Å². The highest BCUT2D eigenvalue weighted by Crippen LogP contribution is 2.17. The molecule has 0 bridgehead atoms. The van der Waals surface area contributed by atoms with Crippen molar-refractivity contribution in [1.29, 1.82) is 0 Å². The number of amides is 2. The highest BCUT2D eigenvalue weighted by Gasteiger charge is 2.20. The SMILES string of the molecule is CCN(C(=O)CN(Cc1ccc(F)cc1)C(C)=O)c1cccc(C)c1. The zero-order valence-corrected chi connectivity index (χ0v) is 14.8. The first-order valence-corrected chi connectivity index (χ1v) is 8.27. The van der Waals surface area contributed by atoms with Crippen LogP contribution in [0.2, 0.25) is 0 Å². The number of aryl methyl sites for hydroxylation is 1. The predicted molar refractivity (Wildman–Crippen MR) is 96.7 cm³/mol. The molecule has 5 heteroatoms. The Balaban J connectivity index is 2.13. The second-order valence-corrected chi connectivity index (χ2v) is 5.98. The minimum atomic E-state index is -0.328. The Morgan fingerprint density at radius 1 is 1.08 bits per heavy atom. The van der Waals surface area contributed by atoms with E-state index < -0.39 is 0 Å². The molecule has 0 fully saturated rings. The summed E-state index contributed by atoms with van der Waals surface area (Å²) in [5.74, 6) is -0.672. The van der Waals surface area contributed by atoms with E-state index >= 15 is 0 Å². The number of carbonyl (C=O) groups excluding carboxylic acids is 2. The Morgan fingerprint density at radius 2 is 1.76 bits per heavy atom. The topological polar surface area (TPSA) is 40.6 Å². The van der Waals surface area contributed by atoms with Crippen molar-refractivity contribution in [2.75, 3.05) is 18.0 Å². The molecule has 0 heterocycles.